The zero-order valence-electron chi connectivity index (χ0n) is 9.50. The highest BCUT2D eigenvalue weighted by molar-refractivity contribution is 6.61. The van der Waals surface area contributed by atoms with Crippen molar-refractivity contribution in [2.24, 2.45) is 29.6 Å². The molecule has 2 heterocycles. The smallest absolute Gasteiger partial charge is 0.218 e. The predicted molar refractivity (Wildman–Crippen MR) is 72.1 cm³/mol. The van der Waals surface area contributed by atoms with Crippen molar-refractivity contribution in [1.82, 2.24) is 0 Å². The third-order valence-corrected chi connectivity index (χ3v) is 7.61. The standard InChI is InChI=1S/C13H8Cl4O2/c14-7-9(18)8(15)12(17)13(11(7)16)3-1-2-4-5(3)6(4)10(2)19-13/h2-6,10H,1H2/t2-,3+,4-,5+,6+,10-/m1/s1. The van der Waals surface area contributed by atoms with Crippen LogP contribution in [0.1, 0.15) is 6.42 Å². The minimum Gasteiger partial charge on any atom is -0.359 e. The second-order valence-electron chi connectivity index (χ2n) is 6.14. The Morgan fingerprint density at radius 3 is 2.11 bits per heavy atom. The van der Waals surface area contributed by atoms with Crippen molar-refractivity contribution in [3.05, 3.63) is 20.1 Å². The lowest BCUT2D eigenvalue weighted by atomic mass is 9.66. The second kappa shape index (κ2) is 3.20. The summed E-state index contributed by atoms with van der Waals surface area (Å²) in [6, 6.07) is 0. The second-order valence-corrected chi connectivity index (χ2v) is 7.65. The first-order valence-electron chi connectivity index (χ1n) is 6.34. The van der Waals surface area contributed by atoms with Crippen LogP contribution in [0.5, 0.6) is 0 Å². The molecule has 0 aromatic rings. The Kier molecular flexibility index (Phi) is 2.00. The Morgan fingerprint density at radius 2 is 1.63 bits per heavy atom. The maximum Gasteiger partial charge on any atom is 0.218 e. The molecule has 0 N–H and O–H groups in total. The summed E-state index contributed by atoms with van der Waals surface area (Å²) in [7, 11) is 0. The molecular formula is C13H8Cl4O2. The van der Waals surface area contributed by atoms with Crippen molar-refractivity contribution in [2.75, 3.05) is 0 Å². The van der Waals surface area contributed by atoms with Crippen molar-refractivity contribution < 1.29 is 9.53 Å². The van der Waals surface area contributed by atoms with Gasteiger partial charge in [0.05, 0.1) is 16.2 Å². The molecule has 3 bridgehead atoms. The molecule has 1 spiro atoms. The van der Waals surface area contributed by atoms with Gasteiger partial charge in [-0.2, -0.15) is 0 Å². The van der Waals surface area contributed by atoms with Gasteiger partial charge in [0.1, 0.15) is 15.7 Å². The minimum absolute atomic E-state index is 0.0455. The number of ether oxygens (including phenoxy) is 1. The van der Waals surface area contributed by atoms with Gasteiger partial charge >= 0.3 is 0 Å². The van der Waals surface area contributed by atoms with E-state index in [4.69, 9.17) is 51.1 Å². The molecule has 4 aliphatic carbocycles. The number of Topliss-reactive ketones (excluding diaryl/α,β-unsaturated/α-hetero) is 1. The molecule has 6 atom stereocenters. The topological polar surface area (TPSA) is 26.3 Å². The molecule has 100 valence electrons. The van der Waals surface area contributed by atoms with Crippen molar-refractivity contribution in [1.29, 1.82) is 0 Å². The highest BCUT2D eigenvalue weighted by Gasteiger charge is 2.84. The van der Waals surface area contributed by atoms with Crippen LogP contribution in [0.15, 0.2) is 20.1 Å². The van der Waals surface area contributed by atoms with Crippen LogP contribution >= 0.6 is 46.4 Å². The maximum absolute atomic E-state index is 11.9. The molecule has 6 rings (SSSR count). The molecule has 2 aliphatic heterocycles. The Balaban J connectivity index is 1.74. The van der Waals surface area contributed by atoms with Gasteiger partial charge in [0.15, 0.2) is 0 Å². The SMILES string of the molecule is O=C1C(Cl)=C(Cl)C2(O[C@@H]3[C@@H]4C[C@H]2[C@H]2[C@@H]4[C@H]32)C(Cl)=C1Cl. The van der Waals surface area contributed by atoms with E-state index in [1.54, 1.807) is 0 Å². The third-order valence-electron chi connectivity index (χ3n) is 5.76. The van der Waals surface area contributed by atoms with Gasteiger partial charge in [0.2, 0.25) is 5.78 Å². The van der Waals surface area contributed by atoms with Gasteiger partial charge in [-0.15, -0.1) is 0 Å². The monoisotopic (exact) mass is 336 g/mol. The lowest BCUT2D eigenvalue weighted by Crippen LogP contribution is -2.59. The summed E-state index contributed by atoms with van der Waals surface area (Å²) in [6.45, 7) is 0. The zero-order chi connectivity index (χ0) is 13.3. The fourth-order valence-electron chi connectivity index (χ4n) is 5.08. The summed E-state index contributed by atoms with van der Waals surface area (Å²) in [5.74, 6) is 2.43. The van der Waals surface area contributed by atoms with Crippen molar-refractivity contribution in [3.63, 3.8) is 0 Å². The minimum atomic E-state index is -0.946. The number of allylic oxidation sites excluding steroid dienone is 2. The zero-order valence-corrected chi connectivity index (χ0v) is 12.5. The summed E-state index contributed by atoms with van der Waals surface area (Å²) < 4.78 is 6.21. The molecular weight excluding hydrogens is 330 g/mol. The molecule has 6 aliphatic rings. The fourth-order valence-corrected chi connectivity index (χ4v) is 6.38. The van der Waals surface area contributed by atoms with Crippen molar-refractivity contribution in [3.8, 4) is 0 Å². The van der Waals surface area contributed by atoms with Crippen molar-refractivity contribution in [2.45, 2.75) is 18.1 Å². The van der Waals surface area contributed by atoms with Crippen LogP contribution in [0.25, 0.3) is 0 Å². The summed E-state index contributed by atoms with van der Waals surface area (Å²) in [5, 5.41) is 0.368. The van der Waals surface area contributed by atoms with Gasteiger partial charge in [-0.3, -0.25) is 4.79 Å². The van der Waals surface area contributed by atoms with E-state index < -0.39 is 11.4 Å². The van der Waals surface area contributed by atoms with E-state index in [1.807, 2.05) is 0 Å². The van der Waals surface area contributed by atoms with E-state index in [2.05, 4.69) is 0 Å². The summed E-state index contributed by atoms with van der Waals surface area (Å²) in [6.07, 6.45) is 1.26. The Labute approximate surface area is 129 Å². The summed E-state index contributed by atoms with van der Waals surface area (Å²) in [4.78, 5) is 11.9. The number of halogens is 4. The van der Waals surface area contributed by atoms with E-state index >= 15 is 0 Å². The van der Waals surface area contributed by atoms with Crippen molar-refractivity contribution >= 4 is 52.2 Å². The molecule has 0 aromatic heterocycles. The normalized spacial score (nSPS) is 51.9. The molecule has 0 unspecified atom stereocenters. The van der Waals surface area contributed by atoms with E-state index in [-0.39, 0.29) is 32.2 Å². The molecule has 0 aromatic carbocycles. The number of carbonyl (C=O) groups excluding carboxylic acids is 1. The van der Waals surface area contributed by atoms with Gasteiger partial charge in [-0.1, -0.05) is 46.4 Å². The van der Waals surface area contributed by atoms with Gasteiger partial charge < -0.3 is 4.74 Å². The average Bonchev–Trinajstić information content (AvgIpc) is 3.03. The maximum atomic E-state index is 11.9. The molecule has 0 radical (unpaired) electrons. The van der Waals surface area contributed by atoms with E-state index in [1.165, 1.54) is 0 Å². The lowest BCUT2D eigenvalue weighted by Gasteiger charge is -2.55. The van der Waals surface area contributed by atoms with Crippen LogP contribution in [0.3, 0.4) is 0 Å². The Bertz CT molecular complexity index is 587. The molecule has 2 saturated heterocycles. The number of hydrogen-bond acceptors (Lipinski definition) is 2. The first-order chi connectivity index (χ1) is 9.00. The van der Waals surface area contributed by atoms with Crippen LogP contribution in [-0.2, 0) is 9.53 Å². The van der Waals surface area contributed by atoms with Gasteiger partial charge in [-0.05, 0) is 30.1 Å². The van der Waals surface area contributed by atoms with E-state index in [9.17, 15) is 4.79 Å². The van der Waals surface area contributed by atoms with Gasteiger partial charge in [0.25, 0.3) is 0 Å². The van der Waals surface area contributed by atoms with Crippen LogP contribution < -0.4 is 0 Å². The highest BCUT2D eigenvalue weighted by Crippen LogP contribution is 2.83. The molecule has 6 heteroatoms. The van der Waals surface area contributed by atoms with Crippen LogP contribution in [0.2, 0.25) is 0 Å². The van der Waals surface area contributed by atoms with Gasteiger partial charge in [-0.25, -0.2) is 0 Å². The largest absolute Gasteiger partial charge is 0.359 e. The van der Waals surface area contributed by atoms with Gasteiger partial charge in [0, 0.05) is 5.92 Å². The Morgan fingerprint density at radius 1 is 1.00 bits per heavy atom. The summed E-state index contributed by atoms with van der Waals surface area (Å²) in [5.41, 5.74) is -0.946. The van der Waals surface area contributed by atoms with Crippen LogP contribution in [0.4, 0.5) is 0 Å². The predicted octanol–water partition coefficient (Wildman–Crippen LogP) is 3.60. The van der Waals surface area contributed by atoms with E-state index in [0.717, 1.165) is 12.3 Å². The number of ketones is 1. The number of rotatable bonds is 0. The third kappa shape index (κ3) is 1.01. The molecule has 3 saturated carbocycles. The molecule has 2 nitrogen and oxygen atoms in total. The average molecular weight is 338 g/mol. The van der Waals surface area contributed by atoms with E-state index in [0.29, 0.717) is 17.8 Å². The number of carbonyl (C=O) groups is 1. The first-order valence-corrected chi connectivity index (χ1v) is 7.85. The lowest BCUT2D eigenvalue weighted by molar-refractivity contribution is -0.197. The number of hydrogen-bond donors (Lipinski definition) is 0. The van der Waals surface area contributed by atoms with Crippen LogP contribution in [0, 0.1) is 29.6 Å². The highest BCUT2D eigenvalue weighted by atomic mass is 35.5. The molecule has 5 fully saturated rings. The quantitative estimate of drug-likeness (QED) is 0.675. The Hall–Kier alpha value is 0.270. The molecule has 0 amide bonds. The van der Waals surface area contributed by atoms with Crippen LogP contribution in [-0.4, -0.2) is 17.5 Å². The fraction of sp³-hybridized carbons (Fsp3) is 0.615. The summed E-state index contributed by atoms with van der Waals surface area (Å²) >= 11 is 24.8. The molecule has 19 heavy (non-hydrogen) atoms. The first kappa shape index (κ1) is 11.9.